The minimum atomic E-state index is 0.994. The highest BCUT2D eigenvalue weighted by molar-refractivity contribution is 4.84. The zero-order valence-electron chi connectivity index (χ0n) is 4.35. The van der Waals surface area contributed by atoms with Crippen LogP contribution >= 0.6 is 0 Å². The molecule has 3 fully saturated rings. The lowest BCUT2D eigenvalue weighted by molar-refractivity contribution is 0.0449. The van der Waals surface area contributed by atoms with Crippen LogP contribution in [0.15, 0.2) is 0 Å². The van der Waals surface area contributed by atoms with E-state index in [2.05, 4.69) is 10.2 Å². The van der Waals surface area contributed by atoms with Gasteiger partial charge in [-0.3, -0.25) is 4.90 Å². The van der Waals surface area contributed by atoms with E-state index in [0.29, 0.717) is 0 Å². The number of rotatable bonds is 0. The van der Waals surface area contributed by atoms with E-state index in [-0.39, 0.29) is 0 Å². The Balaban J connectivity index is 1.99. The quantitative estimate of drug-likeness (QED) is 0.438. The molecule has 3 heterocycles. The molecule has 3 saturated heterocycles. The molecule has 40 valence electrons. The number of hydrogen-bond donors (Lipinski definition) is 1. The molecule has 0 radical (unpaired) electrons. The Labute approximate surface area is 43.5 Å². The zero-order valence-corrected chi connectivity index (χ0v) is 4.35. The molecule has 7 heavy (non-hydrogen) atoms. The van der Waals surface area contributed by atoms with Gasteiger partial charge in [0.25, 0.3) is 0 Å². The van der Waals surface area contributed by atoms with Crippen molar-refractivity contribution >= 4 is 0 Å². The maximum atomic E-state index is 3.31. The average molecular weight is 98.1 g/mol. The van der Waals surface area contributed by atoms with Gasteiger partial charge < -0.3 is 5.32 Å². The molecule has 1 N–H and O–H groups in total. The fourth-order valence-corrected chi connectivity index (χ4v) is 1.36. The predicted molar refractivity (Wildman–Crippen MR) is 27.9 cm³/mol. The van der Waals surface area contributed by atoms with Crippen molar-refractivity contribution < 1.29 is 0 Å². The molecular weight excluding hydrogens is 88.1 g/mol. The van der Waals surface area contributed by atoms with Crippen LogP contribution < -0.4 is 5.32 Å². The lowest BCUT2D eigenvalue weighted by Crippen LogP contribution is -2.59. The van der Waals surface area contributed by atoms with Gasteiger partial charge in [-0.2, -0.15) is 0 Å². The molecule has 0 aromatic carbocycles. The average Bonchev–Trinajstić information content (AvgIpc) is 1.67. The first-order valence-electron chi connectivity index (χ1n) is 2.88. The van der Waals surface area contributed by atoms with Crippen molar-refractivity contribution in [1.29, 1.82) is 0 Å². The molecule has 2 nitrogen and oxygen atoms in total. The molecule has 0 atom stereocenters. The van der Waals surface area contributed by atoms with Gasteiger partial charge in [-0.1, -0.05) is 0 Å². The first-order chi connectivity index (χ1) is 3.45. The second kappa shape index (κ2) is 1.20. The topological polar surface area (TPSA) is 15.3 Å². The van der Waals surface area contributed by atoms with Crippen LogP contribution in [0.3, 0.4) is 0 Å². The van der Waals surface area contributed by atoms with Crippen molar-refractivity contribution in [1.82, 2.24) is 10.2 Å². The Kier molecular flexibility index (Phi) is 0.664. The maximum absolute atomic E-state index is 3.31. The maximum Gasteiger partial charge on any atom is 0.0480 e. The Morgan fingerprint density at radius 2 is 2.29 bits per heavy atom. The predicted octanol–water partition coefficient (Wildman–Crippen LogP) is -0.521. The van der Waals surface area contributed by atoms with Gasteiger partial charge >= 0.3 is 0 Å². The van der Waals surface area contributed by atoms with Gasteiger partial charge in [-0.15, -0.1) is 0 Å². The number of nitrogens with zero attached hydrogens (tertiary/aromatic N) is 1. The second-order valence-corrected chi connectivity index (χ2v) is 2.51. The van der Waals surface area contributed by atoms with Gasteiger partial charge in [0, 0.05) is 26.3 Å². The molecule has 0 saturated carbocycles. The first kappa shape index (κ1) is 3.87. The Morgan fingerprint density at radius 3 is 2.43 bits per heavy atom. The third-order valence-corrected chi connectivity index (χ3v) is 1.80. The summed E-state index contributed by atoms with van der Waals surface area (Å²) in [5, 5.41) is 3.31. The largest absolute Gasteiger partial charge is 0.304 e. The molecule has 0 aliphatic carbocycles. The molecule has 3 rings (SSSR count). The fraction of sp³-hybridized carbons (Fsp3) is 1.00. The number of nitrogens with one attached hydrogen (secondary N) is 1. The van der Waals surface area contributed by atoms with Crippen LogP contribution in [0.1, 0.15) is 0 Å². The molecule has 2 heteroatoms. The van der Waals surface area contributed by atoms with Gasteiger partial charge in [0.15, 0.2) is 0 Å². The standard InChI is InChI=1S/C5H10N2/c1-5-2-7(3-5)4-6-1/h5-6H,1-4H2. The summed E-state index contributed by atoms with van der Waals surface area (Å²) in [6, 6.07) is 0. The van der Waals surface area contributed by atoms with E-state index in [0.717, 1.165) is 12.6 Å². The summed E-state index contributed by atoms with van der Waals surface area (Å²) in [6.07, 6.45) is 0. The second-order valence-electron chi connectivity index (χ2n) is 2.51. The smallest absolute Gasteiger partial charge is 0.0480 e. The SMILES string of the molecule is C1NCN2CC1C2. The Hall–Kier alpha value is -0.0800. The summed E-state index contributed by atoms with van der Waals surface area (Å²) in [6.45, 7) is 5.10. The molecule has 3 aliphatic heterocycles. The lowest BCUT2D eigenvalue weighted by Gasteiger charge is -2.44. The molecule has 0 aromatic rings. The van der Waals surface area contributed by atoms with Crippen LogP contribution in [0, 0.1) is 5.92 Å². The van der Waals surface area contributed by atoms with Crippen molar-refractivity contribution in [3.63, 3.8) is 0 Å². The zero-order chi connectivity index (χ0) is 4.69. The van der Waals surface area contributed by atoms with Crippen molar-refractivity contribution in [2.24, 2.45) is 5.92 Å². The summed E-state index contributed by atoms with van der Waals surface area (Å²) in [4.78, 5) is 2.42. The monoisotopic (exact) mass is 98.1 g/mol. The third-order valence-electron chi connectivity index (χ3n) is 1.80. The fourth-order valence-electron chi connectivity index (χ4n) is 1.36. The van der Waals surface area contributed by atoms with E-state index in [1.807, 2.05) is 0 Å². The first-order valence-corrected chi connectivity index (χ1v) is 2.88. The number of fused-ring (bicyclic) bond motifs is 2. The van der Waals surface area contributed by atoms with Gasteiger partial charge in [-0.25, -0.2) is 0 Å². The third kappa shape index (κ3) is 0.469. The van der Waals surface area contributed by atoms with E-state index in [9.17, 15) is 0 Å². The molecule has 0 aromatic heterocycles. The summed E-state index contributed by atoms with van der Waals surface area (Å²) in [5.74, 6) is 0.994. The minimum absolute atomic E-state index is 0.994. The highest BCUT2D eigenvalue weighted by atomic mass is 15.3. The molecule has 0 amide bonds. The Bertz CT molecular complexity index is 62.6. The molecule has 3 aliphatic rings. The molecule has 0 unspecified atom stereocenters. The van der Waals surface area contributed by atoms with Gasteiger partial charge in [0.05, 0.1) is 0 Å². The summed E-state index contributed by atoms with van der Waals surface area (Å²) >= 11 is 0. The normalized spacial score (nSPS) is 48.0. The van der Waals surface area contributed by atoms with Crippen LogP contribution in [-0.2, 0) is 0 Å². The van der Waals surface area contributed by atoms with Crippen LogP contribution in [0.4, 0.5) is 0 Å². The van der Waals surface area contributed by atoms with E-state index in [1.54, 1.807) is 0 Å². The van der Waals surface area contributed by atoms with E-state index in [1.165, 1.54) is 19.6 Å². The van der Waals surface area contributed by atoms with Crippen LogP contribution in [0.2, 0.25) is 0 Å². The van der Waals surface area contributed by atoms with Gasteiger partial charge in [0.1, 0.15) is 0 Å². The highest BCUT2D eigenvalue weighted by Gasteiger charge is 2.29. The summed E-state index contributed by atoms with van der Waals surface area (Å²) in [7, 11) is 0. The van der Waals surface area contributed by atoms with E-state index in [4.69, 9.17) is 0 Å². The molecular formula is C5H10N2. The van der Waals surface area contributed by atoms with Crippen molar-refractivity contribution in [3.05, 3.63) is 0 Å². The van der Waals surface area contributed by atoms with Crippen molar-refractivity contribution in [2.75, 3.05) is 26.3 Å². The lowest BCUT2D eigenvalue weighted by atomic mass is 9.99. The Morgan fingerprint density at radius 1 is 1.43 bits per heavy atom. The number of hydrogen-bond acceptors (Lipinski definition) is 2. The van der Waals surface area contributed by atoms with Crippen molar-refractivity contribution in [3.8, 4) is 0 Å². The molecule has 0 spiro atoms. The van der Waals surface area contributed by atoms with E-state index >= 15 is 0 Å². The van der Waals surface area contributed by atoms with Crippen LogP contribution in [0.5, 0.6) is 0 Å². The van der Waals surface area contributed by atoms with Crippen LogP contribution in [0.25, 0.3) is 0 Å². The van der Waals surface area contributed by atoms with Gasteiger partial charge in [0.2, 0.25) is 0 Å². The highest BCUT2D eigenvalue weighted by Crippen LogP contribution is 2.16. The summed E-state index contributed by atoms with van der Waals surface area (Å²) < 4.78 is 0. The van der Waals surface area contributed by atoms with E-state index < -0.39 is 0 Å². The minimum Gasteiger partial charge on any atom is -0.304 e. The van der Waals surface area contributed by atoms with Gasteiger partial charge in [-0.05, 0) is 5.92 Å². The van der Waals surface area contributed by atoms with Crippen LogP contribution in [-0.4, -0.2) is 31.2 Å². The summed E-state index contributed by atoms with van der Waals surface area (Å²) in [5.41, 5.74) is 0. The molecule has 2 bridgehead atoms. The van der Waals surface area contributed by atoms with Crippen molar-refractivity contribution in [2.45, 2.75) is 0 Å².